The molecule has 0 aliphatic rings. The molecule has 0 atom stereocenters. The minimum atomic E-state index is -0.299. The van der Waals surface area contributed by atoms with E-state index in [2.05, 4.69) is 20.4 Å². The van der Waals surface area contributed by atoms with Gasteiger partial charge in [-0.25, -0.2) is 9.67 Å². The first-order valence-corrected chi connectivity index (χ1v) is 10.1. The monoisotopic (exact) mass is 425 g/mol. The number of nitrogens with one attached hydrogen (secondary N) is 2. The molecule has 0 fully saturated rings. The highest BCUT2D eigenvalue weighted by molar-refractivity contribution is 7.99. The molecule has 0 aliphatic carbocycles. The SMILES string of the molecule is Cc1ccccc1-n1ncc2c(=O)[nH]c(SCC(=O)Nc3cccc(Cl)c3)nc21. The number of carbonyl (C=O) groups is 1. The van der Waals surface area contributed by atoms with E-state index in [1.54, 1.807) is 28.9 Å². The first-order chi connectivity index (χ1) is 14.0. The van der Waals surface area contributed by atoms with Crippen molar-refractivity contribution in [1.82, 2.24) is 19.7 Å². The number of thioether (sulfide) groups is 1. The first kappa shape index (κ1) is 19.2. The molecule has 2 aromatic carbocycles. The Labute approximate surface area is 175 Å². The highest BCUT2D eigenvalue weighted by Crippen LogP contribution is 2.20. The van der Waals surface area contributed by atoms with Crippen molar-refractivity contribution >= 4 is 46.0 Å². The van der Waals surface area contributed by atoms with Crippen molar-refractivity contribution in [3.63, 3.8) is 0 Å². The Morgan fingerprint density at radius 2 is 2.07 bits per heavy atom. The van der Waals surface area contributed by atoms with Gasteiger partial charge in [-0.3, -0.25) is 9.59 Å². The molecular weight excluding hydrogens is 410 g/mol. The van der Waals surface area contributed by atoms with Crippen molar-refractivity contribution in [2.24, 2.45) is 0 Å². The molecule has 2 aromatic heterocycles. The topological polar surface area (TPSA) is 92.7 Å². The molecule has 7 nitrogen and oxygen atoms in total. The Bertz CT molecular complexity index is 1270. The maximum absolute atomic E-state index is 12.4. The summed E-state index contributed by atoms with van der Waals surface area (Å²) in [6, 6.07) is 14.6. The molecule has 1 amide bonds. The third-order valence-corrected chi connectivity index (χ3v) is 5.32. The zero-order chi connectivity index (χ0) is 20.4. The molecule has 0 saturated heterocycles. The number of hydrogen-bond donors (Lipinski definition) is 2. The number of rotatable bonds is 5. The van der Waals surface area contributed by atoms with Crippen molar-refractivity contribution in [2.45, 2.75) is 12.1 Å². The van der Waals surface area contributed by atoms with Gasteiger partial charge >= 0.3 is 0 Å². The molecule has 0 unspecified atom stereocenters. The lowest BCUT2D eigenvalue weighted by molar-refractivity contribution is -0.113. The van der Waals surface area contributed by atoms with Gasteiger partial charge in [0.1, 0.15) is 5.39 Å². The molecule has 29 heavy (non-hydrogen) atoms. The van der Waals surface area contributed by atoms with Crippen LogP contribution in [0.5, 0.6) is 0 Å². The molecule has 2 heterocycles. The summed E-state index contributed by atoms with van der Waals surface area (Å²) in [6.07, 6.45) is 1.49. The zero-order valence-electron chi connectivity index (χ0n) is 15.3. The quantitative estimate of drug-likeness (QED) is 0.374. The van der Waals surface area contributed by atoms with Crippen LogP contribution < -0.4 is 10.9 Å². The lowest BCUT2D eigenvalue weighted by Crippen LogP contribution is -2.15. The first-order valence-electron chi connectivity index (χ1n) is 8.73. The molecule has 4 aromatic rings. The summed E-state index contributed by atoms with van der Waals surface area (Å²) < 4.78 is 1.63. The third kappa shape index (κ3) is 4.18. The van der Waals surface area contributed by atoms with Crippen LogP contribution in [0.15, 0.2) is 64.7 Å². The fourth-order valence-electron chi connectivity index (χ4n) is 2.84. The average molecular weight is 426 g/mol. The fraction of sp³-hybridized carbons (Fsp3) is 0.100. The van der Waals surface area contributed by atoms with Gasteiger partial charge in [0, 0.05) is 10.7 Å². The standard InChI is InChI=1S/C20H16ClN5O2S/c1-12-5-2-3-8-16(12)26-18-15(10-22-26)19(28)25-20(24-18)29-11-17(27)23-14-7-4-6-13(21)9-14/h2-10H,11H2,1H3,(H,23,27)(H,24,25,28). The van der Waals surface area contributed by atoms with Crippen LogP contribution in [0.3, 0.4) is 0 Å². The van der Waals surface area contributed by atoms with E-state index in [1.165, 1.54) is 6.20 Å². The molecule has 0 aliphatic heterocycles. The van der Waals surface area contributed by atoms with E-state index >= 15 is 0 Å². The summed E-state index contributed by atoms with van der Waals surface area (Å²) in [4.78, 5) is 31.9. The number of hydrogen-bond acceptors (Lipinski definition) is 5. The number of para-hydroxylation sites is 1. The maximum atomic E-state index is 12.4. The molecule has 0 bridgehead atoms. The summed E-state index contributed by atoms with van der Waals surface area (Å²) in [5, 5.41) is 8.36. The summed E-state index contributed by atoms with van der Waals surface area (Å²) in [5.74, 6) is -0.146. The number of halogens is 1. The van der Waals surface area contributed by atoms with Crippen molar-refractivity contribution in [2.75, 3.05) is 11.1 Å². The van der Waals surface area contributed by atoms with Crippen LogP contribution in [0.4, 0.5) is 5.69 Å². The van der Waals surface area contributed by atoms with Gasteiger partial charge in [-0.1, -0.05) is 47.6 Å². The van der Waals surface area contributed by atoms with E-state index in [1.807, 2.05) is 31.2 Å². The van der Waals surface area contributed by atoms with E-state index in [4.69, 9.17) is 11.6 Å². The predicted octanol–water partition coefficient (Wildman–Crippen LogP) is 3.80. The van der Waals surface area contributed by atoms with Gasteiger partial charge in [0.05, 0.1) is 17.6 Å². The Balaban J connectivity index is 1.57. The Morgan fingerprint density at radius 1 is 1.24 bits per heavy atom. The van der Waals surface area contributed by atoms with Gasteiger partial charge in [0.2, 0.25) is 5.91 Å². The van der Waals surface area contributed by atoms with Gasteiger partial charge < -0.3 is 10.3 Å². The summed E-state index contributed by atoms with van der Waals surface area (Å²) in [7, 11) is 0. The number of nitrogens with zero attached hydrogens (tertiary/aromatic N) is 3. The Kier molecular flexibility index (Phi) is 5.37. The largest absolute Gasteiger partial charge is 0.325 e. The normalized spacial score (nSPS) is 11.0. The number of fused-ring (bicyclic) bond motifs is 1. The zero-order valence-corrected chi connectivity index (χ0v) is 16.9. The Hall–Kier alpha value is -3.10. The smallest absolute Gasteiger partial charge is 0.262 e. The summed E-state index contributed by atoms with van der Waals surface area (Å²) in [6.45, 7) is 1.96. The number of carbonyl (C=O) groups excluding carboxylic acids is 1. The number of aromatic amines is 1. The highest BCUT2D eigenvalue weighted by Gasteiger charge is 2.14. The molecule has 4 rings (SSSR count). The van der Waals surface area contributed by atoms with Crippen LogP contribution in [-0.4, -0.2) is 31.4 Å². The van der Waals surface area contributed by atoms with Crippen LogP contribution in [0, 0.1) is 6.92 Å². The van der Waals surface area contributed by atoms with Crippen LogP contribution in [0.1, 0.15) is 5.56 Å². The van der Waals surface area contributed by atoms with Crippen LogP contribution in [0.2, 0.25) is 5.02 Å². The lowest BCUT2D eigenvalue weighted by atomic mass is 10.2. The number of H-pyrrole nitrogens is 1. The molecule has 0 saturated carbocycles. The van der Waals surface area contributed by atoms with E-state index < -0.39 is 0 Å². The van der Waals surface area contributed by atoms with Gasteiger partial charge in [-0.2, -0.15) is 5.10 Å². The third-order valence-electron chi connectivity index (χ3n) is 4.21. The second kappa shape index (κ2) is 8.10. The number of amides is 1. The average Bonchev–Trinajstić information content (AvgIpc) is 3.11. The molecule has 2 N–H and O–H groups in total. The number of aromatic nitrogens is 4. The van der Waals surface area contributed by atoms with Crippen molar-refractivity contribution in [3.8, 4) is 5.69 Å². The lowest BCUT2D eigenvalue weighted by Gasteiger charge is -2.07. The molecule has 0 spiro atoms. The molecule has 146 valence electrons. The van der Waals surface area contributed by atoms with Gasteiger partial charge in [0.15, 0.2) is 10.8 Å². The second-order valence-corrected chi connectivity index (χ2v) is 7.70. The van der Waals surface area contributed by atoms with Crippen molar-refractivity contribution < 1.29 is 4.79 Å². The van der Waals surface area contributed by atoms with Gasteiger partial charge in [0.25, 0.3) is 5.56 Å². The van der Waals surface area contributed by atoms with Crippen LogP contribution >= 0.6 is 23.4 Å². The van der Waals surface area contributed by atoms with E-state index in [0.29, 0.717) is 26.9 Å². The van der Waals surface area contributed by atoms with Crippen molar-refractivity contribution in [3.05, 3.63) is 75.7 Å². The second-order valence-electron chi connectivity index (χ2n) is 6.30. The van der Waals surface area contributed by atoms with E-state index in [9.17, 15) is 9.59 Å². The van der Waals surface area contributed by atoms with Crippen LogP contribution in [-0.2, 0) is 4.79 Å². The van der Waals surface area contributed by atoms with Crippen LogP contribution in [0.25, 0.3) is 16.7 Å². The number of aryl methyl sites for hydroxylation is 1. The fourth-order valence-corrected chi connectivity index (χ4v) is 3.69. The van der Waals surface area contributed by atoms with Crippen molar-refractivity contribution in [1.29, 1.82) is 0 Å². The summed E-state index contributed by atoms with van der Waals surface area (Å²) >= 11 is 7.07. The van der Waals surface area contributed by atoms with Gasteiger partial charge in [-0.05, 0) is 36.8 Å². The summed E-state index contributed by atoms with van der Waals surface area (Å²) in [5.41, 5.74) is 2.61. The maximum Gasteiger partial charge on any atom is 0.262 e. The predicted molar refractivity (Wildman–Crippen MR) is 115 cm³/mol. The Morgan fingerprint density at radius 3 is 2.86 bits per heavy atom. The molecule has 0 radical (unpaired) electrons. The molecule has 9 heteroatoms. The van der Waals surface area contributed by atoms with Gasteiger partial charge in [-0.15, -0.1) is 0 Å². The highest BCUT2D eigenvalue weighted by atomic mass is 35.5. The van der Waals surface area contributed by atoms with E-state index in [0.717, 1.165) is 23.0 Å². The molecular formula is C20H16ClN5O2S. The number of anilines is 1. The van der Waals surface area contributed by atoms with E-state index in [-0.39, 0.29) is 17.2 Å². The number of benzene rings is 2. The minimum Gasteiger partial charge on any atom is -0.325 e. The minimum absolute atomic E-state index is 0.0828.